The summed E-state index contributed by atoms with van der Waals surface area (Å²) in [7, 11) is 0. The van der Waals surface area contributed by atoms with E-state index in [1.54, 1.807) is 0 Å². The van der Waals surface area contributed by atoms with Crippen molar-refractivity contribution in [2.75, 3.05) is 11.1 Å². The molecule has 0 spiro atoms. The number of hydrogen-bond donors (Lipinski definition) is 2. The number of carbonyl (C=O) groups is 1. The molecule has 0 bridgehead atoms. The SMILES string of the molecule is Cc1c(NC(=O)c2cc(F)ccc2N)cccc1[N+](=O)[O-]. The summed E-state index contributed by atoms with van der Waals surface area (Å²) in [4.78, 5) is 22.4. The van der Waals surface area contributed by atoms with Gasteiger partial charge < -0.3 is 11.1 Å². The summed E-state index contributed by atoms with van der Waals surface area (Å²) in [6.07, 6.45) is 0. The highest BCUT2D eigenvalue weighted by Gasteiger charge is 2.17. The number of benzene rings is 2. The summed E-state index contributed by atoms with van der Waals surface area (Å²) in [5, 5.41) is 13.4. The van der Waals surface area contributed by atoms with E-state index in [2.05, 4.69) is 5.32 Å². The Bertz CT molecular complexity index is 731. The molecule has 0 saturated carbocycles. The van der Waals surface area contributed by atoms with Crippen molar-refractivity contribution >= 4 is 23.0 Å². The van der Waals surface area contributed by atoms with Gasteiger partial charge in [-0.25, -0.2) is 4.39 Å². The molecule has 0 heterocycles. The number of nitrogens with zero attached hydrogens (tertiary/aromatic N) is 1. The van der Waals surface area contributed by atoms with E-state index in [0.717, 1.165) is 12.1 Å². The number of carbonyl (C=O) groups excluding carboxylic acids is 1. The van der Waals surface area contributed by atoms with Gasteiger partial charge >= 0.3 is 0 Å². The molecule has 0 radical (unpaired) electrons. The molecule has 108 valence electrons. The quantitative estimate of drug-likeness (QED) is 0.515. The summed E-state index contributed by atoms with van der Waals surface area (Å²) in [5.74, 6) is -1.22. The third kappa shape index (κ3) is 2.97. The normalized spacial score (nSPS) is 10.2. The number of rotatable bonds is 3. The van der Waals surface area contributed by atoms with Crippen LogP contribution in [0.3, 0.4) is 0 Å². The molecule has 0 aromatic heterocycles. The molecule has 0 aliphatic heterocycles. The summed E-state index contributed by atoms with van der Waals surface area (Å²) in [6.45, 7) is 1.52. The third-order valence-electron chi connectivity index (χ3n) is 3.01. The molecule has 3 N–H and O–H groups in total. The van der Waals surface area contributed by atoms with E-state index in [1.807, 2.05) is 0 Å². The second kappa shape index (κ2) is 5.58. The number of amides is 1. The lowest BCUT2D eigenvalue weighted by molar-refractivity contribution is -0.385. The zero-order chi connectivity index (χ0) is 15.6. The van der Waals surface area contributed by atoms with Crippen LogP contribution in [0.1, 0.15) is 15.9 Å². The number of nitrogens with two attached hydrogens (primary N) is 1. The van der Waals surface area contributed by atoms with Crippen LogP contribution in [0.5, 0.6) is 0 Å². The second-order valence-corrected chi connectivity index (χ2v) is 4.39. The average Bonchev–Trinajstić information content (AvgIpc) is 2.43. The van der Waals surface area contributed by atoms with E-state index in [0.29, 0.717) is 5.56 Å². The average molecular weight is 289 g/mol. The molecule has 7 heteroatoms. The predicted octanol–water partition coefficient (Wildman–Crippen LogP) is 2.88. The molecule has 0 saturated heterocycles. The van der Waals surface area contributed by atoms with Gasteiger partial charge in [-0.05, 0) is 31.2 Å². The molecule has 0 aliphatic carbocycles. The zero-order valence-electron chi connectivity index (χ0n) is 11.1. The maximum absolute atomic E-state index is 13.2. The molecule has 2 aromatic carbocycles. The minimum absolute atomic E-state index is 0.0269. The minimum Gasteiger partial charge on any atom is -0.398 e. The van der Waals surface area contributed by atoms with Gasteiger partial charge in [0.15, 0.2) is 0 Å². The standard InChI is InChI=1S/C14H12FN3O3/c1-8-12(3-2-4-13(8)18(20)21)17-14(19)10-7-9(15)5-6-11(10)16/h2-7H,16H2,1H3,(H,17,19). The van der Waals surface area contributed by atoms with E-state index in [9.17, 15) is 19.3 Å². The number of nitrogens with one attached hydrogen (secondary N) is 1. The largest absolute Gasteiger partial charge is 0.398 e. The molecular weight excluding hydrogens is 277 g/mol. The van der Waals surface area contributed by atoms with Crippen LogP contribution in [0, 0.1) is 22.9 Å². The number of hydrogen-bond acceptors (Lipinski definition) is 4. The van der Waals surface area contributed by atoms with E-state index in [4.69, 9.17) is 5.73 Å². The molecule has 1 amide bonds. The van der Waals surface area contributed by atoms with Crippen LogP contribution in [-0.4, -0.2) is 10.8 Å². The van der Waals surface area contributed by atoms with E-state index >= 15 is 0 Å². The van der Waals surface area contributed by atoms with Crippen LogP contribution in [-0.2, 0) is 0 Å². The van der Waals surface area contributed by atoms with Crippen LogP contribution in [0.25, 0.3) is 0 Å². The summed E-state index contributed by atoms with van der Waals surface area (Å²) in [6, 6.07) is 7.75. The molecule has 0 fully saturated rings. The molecule has 0 atom stereocenters. The number of anilines is 2. The maximum Gasteiger partial charge on any atom is 0.274 e. The molecule has 2 aromatic rings. The second-order valence-electron chi connectivity index (χ2n) is 4.39. The minimum atomic E-state index is -0.629. The van der Waals surface area contributed by atoms with Gasteiger partial charge in [0.25, 0.3) is 11.6 Å². The van der Waals surface area contributed by atoms with E-state index < -0.39 is 16.6 Å². The Balaban J connectivity index is 2.34. The van der Waals surface area contributed by atoms with Crippen molar-refractivity contribution < 1.29 is 14.1 Å². The van der Waals surface area contributed by atoms with Gasteiger partial charge in [-0.2, -0.15) is 0 Å². The lowest BCUT2D eigenvalue weighted by Gasteiger charge is -2.10. The Morgan fingerprint density at radius 1 is 1.33 bits per heavy atom. The van der Waals surface area contributed by atoms with Crippen molar-refractivity contribution in [1.82, 2.24) is 0 Å². The summed E-state index contributed by atoms with van der Waals surface area (Å²) < 4.78 is 13.2. The fourth-order valence-electron chi connectivity index (χ4n) is 1.87. The van der Waals surface area contributed by atoms with Crippen molar-refractivity contribution in [2.24, 2.45) is 0 Å². The Morgan fingerprint density at radius 3 is 2.71 bits per heavy atom. The van der Waals surface area contributed by atoms with Gasteiger partial charge in [0.2, 0.25) is 0 Å². The zero-order valence-corrected chi connectivity index (χ0v) is 11.1. The van der Waals surface area contributed by atoms with Crippen LogP contribution in [0.4, 0.5) is 21.5 Å². The van der Waals surface area contributed by atoms with Crippen molar-refractivity contribution in [3.63, 3.8) is 0 Å². The first-order chi connectivity index (χ1) is 9.90. The molecule has 0 aliphatic rings. The van der Waals surface area contributed by atoms with E-state index in [-0.39, 0.29) is 22.6 Å². The van der Waals surface area contributed by atoms with Crippen LogP contribution >= 0.6 is 0 Å². The summed E-state index contributed by atoms with van der Waals surface area (Å²) >= 11 is 0. The van der Waals surface area contributed by atoms with Crippen LogP contribution < -0.4 is 11.1 Å². The molecule has 0 unspecified atom stereocenters. The molecule has 6 nitrogen and oxygen atoms in total. The molecule has 21 heavy (non-hydrogen) atoms. The van der Waals surface area contributed by atoms with Gasteiger partial charge in [0, 0.05) is 11.8 Å². The number of halogens is 1. The molecular formula is C14H12FN3O3. The highest BCUT2D eigenvalue weighted by molar-refractivity contribution is 6.08. The van der Waals surface area contributed by atoms with Gasteiger partial charge in [-0.3, -0.25) is 14.9 Å². The maximum atomic E-state index is 13.2. The van der Waals surface area contributed by atoms with Crippen LogP contribution in [0.2, 0.25) is 0 Å². The van der Waals surface area contributed by atoms with Crippen molar-refractivity contribution in [3.8, 4) is 0 Å². The first-order valence-corrected chi connectivity index (χ1v) is 6.00. The van der Waals surface area contributed by atoms with Crippen molar-refractivity contribution in [3.05, 3.63) is 63.5 Å². The lowest BCUT2D eigenvalue weighted by atomic mass is 10.1. The number of nitro benzene ring substituents is 1. The predicted molar refractivity (Wildman–Crippen MR) is 76.6 cm³/mol. The number of nitrogen functional groups attached to an aromatic ring is 1. The highest BCUT2D eigenvalue weighted by atomic mass is 19.1. The highest BCUT2D eigenvalue weighted by Crippen LogP contribution is 2.26. The first-order valence-electron chi connectivity index (χ1n) is 6.00. The summed E-state index contributed by atoms with van der Waals surface area (Å²) in [5.41, 5.74) is 6.20. The fourth-order valence-corrected chi connectivity index (χ4v) is 1.87. The van der Waals surface area contributed by atoms with Gasteiger partial charge in [0.1, 0.15) is 5.82 Å². The van der Waals surface area contributed by atoms with Crippen LogP contribution in [0.15, 0.2) is 36.4 Å². The first kappa shape index (κ1) is 14.4. The lowest BCUT2D eigenvalue weighted by Crippen LogP contribution is -2.15. The monoisotopic (exact) mass is 289 g/mol. The van der Waals surface area contributed by atoms with E-state index in [1.165, 1.54) is 31.2 Å². The Labute approximate surface area is 119 Å². The van der Waals surface area contributed by atoms with Crippen molar-refractivity contribution in [1.29, 1.82) is 0 Å². The fraction of sp³-hybridized carbons (Fsp3) is 0.0714. The Morgan fingerprint density at radius 2 is 2.05 bits per heavy atom. The van der Waals surface area contributed by atoms with Gasteiger partial charge in [-0.1, -0.05) is 6.07 Å². The van der Waals surface area contributed by atoms with Crippen molar-refractivity contribution in [2.45, 2.75) is 6.92 Å². The Kier molecular flexibility index (Phi) is 3.84. The number of nitro groups is 1. The van der Waals surface area contributed by atoms with Gasteiger partial charge in [-0.15, -0.1) is 0 Å². The third-order valence-corrected chi connectivity index (χ3v) is 3.01. The molecule has 2 rings (SSSR count). The smallest absolute Gasteiger partial charge is 0.274 e. The van der Waals surface area contributed by atoms with Gasteiger partial charge in [0.05, 0.1) is 21.7 Å². The topological polar surface area (TPSA) is 98.3 Å². The Hall–Kier alpha value is -2.96.